The molecule has 110 valence electrons. The number of esters is 2. The van der Waals surface area contributed by atoms with Gasteiger partial charge in [0.1, 0.15) is 11.3 Å². The van der Waals surface area contributed by atoms with Crippen LogP contribution in [0, 0.1) is 6.92 Å². The molecule has 0 bridgehead atoms. The largest absolute Gasteiger partial charge is 0.464 e. The Labute approximate surface area is 122 Å². The summed E-state index contributed by atoms with van der Waals surface area (Å²) in [6.07, 6.45) is 4.48. The zero-order valence-electron chi connectivity index (χ0n) is 12.1. The second-order valence-electron chi connectivity index (χ2n) is 4.48. The van der Waals surface area contributed by atoms with Gasteiger partial charge in [0.15, 0.2) is 0 Å². The Morgan fingerprint density at radius 3 is 2.76 bits per heavy atom. The van der Waals surface area contributed by atoms with Gasteiger partial charge in [0, 0.05) is 30.0 Å². The van der Waals surface area contributed by atoms with Crippen molar-refractivity contribution in [3.8, 4) is 5.75 Å². The highest BCUT2D eigenvalue weighted by Crippen LogP contribution is 2.30. The molecule has 1 aromatic heterocycles. The Bertz CT molecular complexity index is 709. The number of carbonyl (C=O) groups is 2. The van der Waals surface area contributed by atoms with E-state index in [9.17, 15) is 9.59 Å². The van der Waals surface area contributed by atoms with Crippen LogP contribution in [0.4, 0.5) is 0 Å². The van der Waals surface area contributed by atoms with Crippen LogP contribution in [0.25, 0.3) is 17.0 Å². The Morgan fingerprint density at radius 2 is 2.10 bits per heavy atom. The average Bonchev–Trinajstić information content (AvgIpc) is 2.77. The zero-order valence-corrected chi connectivity index (χ0v) is 12.1. The van der Waals surface area contributed by atoms with Crippen LogP contribution in [0.1, 0.15) is 25.0 Å². The van der Waals surface area contributed by atoms with Gasteiger partial charge < -0.3 is 13.9 Å². The Balaban J connectivity index is 2.44. The predicted octanol–water partition coefficient (Wildman–Crippen LogP) is 3.24. The fourth-order valence-corrected chi connectivity index (χ4v) is 1.92. The second kappa shape index (κ2) is 6.26. The lowest BCUT2D eigenvalue weighted by atomic mass is 10.1. The number of ether oxygens (including phenoxy) is 2. The summed E-state index contributed by atoms with van der Waals surface area (Å²) in [5.74, 6) is -0.552. The van der Waals surface area contributed by atoms with Gasteiger partial charge in [0.2, 0.25) is 0 Å². The number of fused-ring (bicyclic) bond motifs is 1. The number of hydrogen-bond donors (Lipinski definition) is 0. The van der Waals surface area contributed by atoms with E-state index in [4.69, 9.17) is 13.9 Å². The van der Waals surface area contributed by atoms with Crippen molar-refractivity contribution in [2.75, 3.05) is 6.61 Å². The third kappa shape index (κ3) is 3.51. The van der Waals surface area contributed by atoms with Crippen molar-refractivity contribution in [1.82, 2.24) is 0 Å². The molecule has 0 spiro atoms. The molecular formula is C16H16O5. The van der Waals surface area contributed by atoms with E-state index in [1.54, 1.807) is 25.3 Å². The summed E-state index contributed by atoms with van der Waals surface area (Å²) < 4.78 is 15.4. The van der Waals surface area contributed by atoms with E-state index in [-0.39, 0.29) is 0 Å². The van der Waals surface area contributed by atoms with Gasteiger partial charge >= 0.3 is 11.9 Å². The molecule has 0 aliphatic carbocycles. The van der Waals surface area contributed by atoms with Crippen LogP contribution >= 0.6 is 0 Å². The number of hydrogen-bond acceptors (Lipinski definition) is 5. The quantitative estimate of drug-likeness (QED) is 0.491. The van der Waals surface area contributed by atoms with Crippen LogP contribution in [0.5, 0.6) is 5.75 Å². The number of rotatable bonds is 4. The molecule has 0 N–H and O–H groups in total. The standard InChI is InChI=1S/C16H16O5/c1-4-19-16(18)6-5-12-7-13-10(2)9-20-15(13)8-14(12)21-11(3)17/h5-9H,4H2,1-3H3/b6-5-. The highest BCUT2D eigenvalue weighted by molar-refractivity contribution is 5.91. The molecule has 0 radical (unpaired) electrons. The van der Waals surface area contributed by atoms with E-state index in [0.717, 1.165) is 10.9 Å². The van der Waals surface area contributed by atoms with Crippen molar-refractivity contribution in [1.29, 1.82) is 0 Å². The first-order valence-corrected chi connectivity index (χ1v) is 6.56. The maximum absolute atomic E-state index is 11.4. The maximum Gasteiger partial charge on any atom is 0.330 e. The van der Waals surface area contributed by atoms with Crippen LogP contribution in [0.15, 0.2) is 28.9 Å². The van der Waals surface area contributed by atoms with Crippen molar-refractivity contribution >= 4 is 29.0 Å². The summed E-state index contributed by atoms with van der Waals surface area (Å²) in [6.45, 7) is 5.27. The first-order valence-electron chi connectivity index (χ1n) is 6.56. The molecule has 0 aliphatic rings. The molecule has 0 unspecified atom stereocenters. The fourth-order valence-electron chi connectivity index (χ4n) is 1.92. The summed E-state index contributed by atoms with van der Waals surface area (Å²) in [5, 5.41) is 0.898. The normalized spacial score (nSPS) is 11.0. The number of aryl methyl sites for hydroxylation is 1. The third-order valence-corrected chi connectivity index (χ3v) is 2.84. The zero-order chi connectivity index (χ0) is 15.4. The average molecular weight is 288 g/mol. The molecule has 5 nitrogen and oxygen atoms in total. The smallest absolute Gasteiger partial charge is 0.330 e. The van der Waals surface area contributed by atoms with Gasteiger partial charge in [0.05, 0.1) is 12.9 Å². The van der Waals surface area contributed by atoms with E-state index in [1.807, 2.05) is 13.0 Å². The van der Waals surface area contributed by atoms with Crippen LogP contribution in [-0.2, 0) is 14.3 Å². The molecule has 0 saturated heterocycles. The second-order valence-corrected chi connectivity index (χ2v) is 4.48. The molecule has 0 aliphatic heterocycles. The molecule has 2 rings (SSSR count). The summed E-state index contributed by atoms with van der Waals surface area (Å²) in [6, 6.07) is 3.44. The Morgan fingerprint density at radius 1 is 1.33 bits per heavy atom. The first-order chi connectivity index (χ1) is 10.0. The van der Waals surface area contributed by atoms with Crippen molar-refractivity contribution < 1.29 is 23.5 Å². The van der Waals surface area contributed by atoms with Crippen molar-refractivity contribution in [2.45, 2.75) is 20.8 Å². The van der Waals surface area contributed by atoms with Gasteiger partial charge in [-0.2, -0.15) is 0 Å². The van der Waals surface area contributed by atoms with Crippen LogP contribution in [0.3, 0.4) is 0 Å². The van der Waals surface area contributed by atoms with Gasteiger partial charge in [-0.1, -0.05) is 0 Å². The fraction of sp³-hybridized carbons (Fsp3) is 0.250. The lowest BCUT2D eigenvalue weighted by molar-refractivity contribution is -0.137. The van der Waals surface area contributed by atoms with E-state index < -0.39 is 11.9 Å². The molecule has 5 heteroatoms. The van der Waals surface area contributed by atoms with Gasteiger partial charge in [-0.25, -0.2) is 4.79 Å². The van der Waals surface area contributed by atoms with Gasteiger partial charge in [0.25, 0.3) is 0 Å². The monoisotopic (exact) mass is 288 g/mol. The molecule has 0 fully saturated rings. The highest BCUT2D eigenvalue weighted by atomic mass is 16.5. The SMILES string of the molecule is CCOC(=O)/C=C\c1cc2c(C)coc2cc1OC(C)=O. The molecule has 1 aromatic carbocycles. The van der Waals surface area contributed by atoms with Gasteiger partial charge in [-0.3, -0.25) is 4.79 Å². The minimum Gasteiger partial charge on any atom is -0.464 e. The predicted molar refractivity (Wildman–Crippen MR) is 77.9 cm³/mol. The lowest BCUT2D eigenvalue weighted by Gasteiger charge is -2.06. The van der Waals surface area contributed by atoms with Crippen molar-refractivity contribution in [2.24, 2.45) is 0 Å². The third-order valence-electron chi connectivity index (χ3n) is 2.84. The van der Waals surface area contributed by atoms with Crippen LogP contribution < -0.4 is 4.74 Å². The first kappa shape index (κ1) is 14.8. The van der Waals surface area contributed by atoms with E-state index in [0.29, 0.717) is 23.5 Å². The molecule has 21 heavy (non-hydrogen) atoms. The maximum atomic E-state index is 11.4. The molecule has 0 atom stereocenters. The number of carbonyl (C=O) groups excluding carboxylic acids is 2. The molecular weight excluding hydrogens is 272 g/mol. The number of benzene rings is 1. The van der Waals surface area contributed by atoms with Gasteiger partial charge in [-0.05, 0) is 31.6 Å². The van der Waals surface area contributed by atoms with Gasteiger partial charge in [-0.15, -0.1) is 0 Å². The van der Waals surface area contributed by atoms with E-state index in [1.165, 1.54) is 13.0 Å². The molecule has 1 heterocycles. The Kier molecular flexibility index (Phi) is 4.42. The summed E-state index contributed by atoms with van der Waals surface area (Å²) >= 11 is 0. The molecule has 0 amide bonds. The topological polar surface area (TPSA) is 65.7 Å². The van der Waals surface area contributed by atoms with E-state index in [2.05, 4.69) is 0 Å². The van der Waals surface area contributed by atoms with Crippen molar-refractivity contribution in [3.63, 3.8) is 0 Å². The summed E-state index contributed by atoms with van der Waals surface area (Å²) in [5.41, 5.74) is 2.19. The molecule has 2 aromatic rings. The highest BCUT2D eigenvalue weighted by Gasteiger charge is 2.11. The number of furan rings is 1. The summed E-state index contributed by atoms with van der Waals surface area (Å²) in [7, 11) is 0. The summed E-state index contributed by atoms with van der Waals surface area (Å²) in [4.78, 5) is 22.6. The molecule has 0 saturated carbocycles. The minimum absolute atomic E-state index is 0.305. The van der Waals surface area contributed by atoms with E-state index >= 15 is 0 Å². The van der Waals surface area contributed by atoms with Crippen LogP contribution in [0.2, 0.25) is 0 Å². The van der Waals surface area contributed by atoms with Crippen molar-refractivity contribution in [3.05, 3.63) is 35.6 Å². The van der Waals surface area contributed by atoms with Crippen LogP contribution in [-0.4, -0.2) is 18.5 Å². The minimum atomic E-state index is -0.449. The Hall–Kier alpha value is -2.56. The lowest BCUT2D eigenvalue weighted by Crippen LogP contribution is -2.03.